The molecular formula is C26H35N3O4. The number of amides is 3. The van der Waals surface area contributed by atoms with Gasteiger partial charge in [0.1, 0.15) is 5.60 Å². The molecule has 0 saturated carbocycles. The Hall–Kier alpha value is -3.35. The number of hydrogen-bond donors (Lipinski definition) is 2. The molecule has 33 heavy (non-hydrogen) atoms. The fourth-order valence-electron chi connectivity index (χ4n) is 3.43. The Morgan fingerprint density at radius 2 is 1.33 bits per heavy atom. The molecule has 7 heteroatoms. The summed E-state index contributed by atoms with van der Waals surface area (Å²) in [4.78, 5) is 39.1. The molecule has 2 rings (SSSR count). The molecule has 2 aromatic rings. The number of aryl methyl sites for hydroxylation is 2. The fraction of sp³-hybridized carbons (Fsp3) is 0.423. The van der Waals surface area contributed by atoms with Crippen molar-refractivity contribution in [3.8, 4) is 0 Å². The van der Waals surface area contributed by atoms with E-state index in [0.29, 0.717) is 13.1 Å². The molecular weight excluding hydrogens is 418 g/mol. The normalized spacial score (nSPS) is 12.0. The number of ether oxygens (including phenoxy) is 1. The van der Waals surface area contributed by atoms with Crippen LogP contribution in [-0.4, -0.2) is 47.5 Å². The van der Waals surface area contributed by atoms with E-state index in [-0.39, 0.29) is 0 Å². The molecule has 1 unspecified atom stereocenters. The van der Waals surface area contributed by atoms with E-state index in [0.717, 1.165) is 25.7 Å². The lowest BCUT2D eigenvalue weighted by atomic mass is 10.1. The minimum atomic E-state index is -1.48. The summed E-state index contributed by atoms with van der Waals surface area (Å²) in [6, 6.07) is 18.5. The summed E-state index contributed by atoms with van der Waals surface area (Å²) in [6.07, 6.45) is 2.18. The molecule has 0 bridgehead atoms. The molecule has 178 valence electrons. The van der Waals surface area contributed by atoms with Crippen LogP contribution in [0.5, 0.6) is 0 Å². The molecule has 3 amide bonds. The van der Waals surface area contributed by atoms with E-state index in [1.54, 1.807) is 25.7 Å². The van der Waals surface area contributed by atoms with Gasteiger partial charge in [-0.1, -0.05) is 60.7 Å². The van der Waals surface area contributed by atoms with Crippen LogP contribution in [0.3, 0.4) is 0 Å². The Kier molecular flexibility index (Phi) is 9.91. The van der Waals surface area contributed by atoms with Crippen molar-refractivity contribution in [2.24, 2.45) is 5.73 Å². The number of nitrogens with two attached hydrogens (primary N) is 1. The molecule has 0 saturated heterocycles. The van der Waals surface area contributed by atoms with Gasteiger partial charge in [-0.15, -0.1) is 0 Å². The third kappa shape index (κ3) is 9.76. The zero-order valence-corrected chi connectivity index (χ0v) is 19.8. The van der Waals surface area contributed by atoms with Gasteiger partial charge in [0.15, 0.2) is 6.04 Å². The Bertz CT molecular complexity index is 849. The molecule has 7 nitrogen and oxygen atoms in total. The van der Waals surface area contributed by atoms with Gasteiger partial charge in [-0.25, -0.2) is 4.79 Å². The Balaban J connectivity index is 2.05. The first-order chi connectivity index (χ1) is 15.7. The van der Waals surface area contributed by atoms with Gasteiger partial charge in [0.25, 0.3) is 5.91 Å². The molecule has 0 fully saturated rings. The maximum atomic E-state index is 13.2. The molecule has 0 aliphatic rings. The van der Waals surface area contributed by atoms with E-state index in [9.17, 15) is 14.4 Å². The zero-order valence-electron chi connectivity index (χ0n) is 19.8. The van der Waals surface area contributed by atoms with E-state index in [1.807, 2.05) is 60.7 Å². The summed E-state index contributed by atoms with van der Waals surface area (Å²) in [7, 11) is 0. The number of hydrogen-bond acceptors (Lipinski definition) is 4. The quantitative estimate of drug-likeness (QED) is 0.509. The van der Waals surface area contributed by atoms with Gasteiger partial charge >= 0.3 is 6.09 Å². The Morgan fingerprint density at radius 1 is 0.879 bits per heavy atom. The minimum absolute atomic E-state index is 0.447. The van der Waals surface area contributed by atoms with E-state index in [4.69, 9.17) is 10.5 Å². The Labute approximate surface area is 196 Å². The second-order valence-electron chi connectivity index (χ2n) is 8.99. The molecule has 3 N–H and O–H groups in total. The van der Waals surface area contributed by atoms with Crippen LogP contribution in [0.25, 0.3) is 0 Å². The number of benzene rings is 2. The average Bonchev–Trinajstić information content (AvgIpc) is 2.76. The van der Waals surface area contributed by atoms with Crippen LogP contribution in [0.4, 0.5) is 4.79 Å². The van der Waals surface area contributed by atoms with Gasteiger partial charge in [0.05, 0.1) is 0 Å². The number of nitrogens with one attached hydrogen (secondary N) is 1. The standard InChI is InChI=1S/C26H35N3O4/c1-26(2,3)33-25(32)28-22(23(27)30)24(31)29(18-10-16-20-12-6-4-7-13-20)19-11-17-21-14-8-5-9-15-21/h4-9,12-15,22H,10-11,16-19H2,1-3H3,(H2,27,30)(H,28,32). The average molecular weight is 454 g/mol. The highest BCUT2D eigenvalue weighted by Gasteiger charge is 2.32. The number of carbonyl (C=O) groups excluding carboxylic acids is 3. The second-order valence-corrected chi connectivity index (χ2v) is 8.99. The van der Waals surface area contributed by atoms with Crippen LogP contribution in [0, 0.1) is 0 Å². The monoisotopic (exact) mass is 453 g/mol. The van der Waals surface area contributed by atoms with Gasteiger partial charge in [0.2, 0.25) is 5.91 Å². The minimum Gasteiger partial charge on any atom is -0.444 e. The molecule has 1 atom stereocenters. The lowest BCUT2D eigenvalue weighted by Crippen LogP contribution is -2.56. The van der Waals surface area contributed by atoms with Crippen molar-refractivity contribution in [1.29, 1.82) is 0 Å². The van der Waals surface area contributed by atoms with Crippen molar-refractivity contribution in [2.75, 3.05) is 13.1 Å². The number of rotatable bonds is 11. The first kappa shape index (κ1) is 25.9. The maximum Gasteiger partial charge on any atom is 0.408 e. The first-order valence-corrected chi connectivity index (χ1v) is 11.3. The van der Waals surface area contributed by atoms with Gasteiger partial charge in [-0.05, 0) is 57.6 Å². The van der Waals surface area contributed by atoms with Crippen LogP contribution in [0.15, 0.2) is 60.7 Å². The summed E-state index contributed by atoms with van der Waals surface area (Å²) < 4.78 is 5.20. The number of alkyl carbamates (subject to hydrolysis) is 1. The smallest absolute Gasteiger partial charge is 0.408 e. The van der Waals surface area contributed by atoms with Gasteiger partial charge in [-0.3, -0.25) is 9.59 Å². The summed E-state index contributed by atoms with van der Waals surface area (Å²) in [5, 5.41) is 2.34. The second kappa shape index (κ2) is 12.6. The summed E-state index contributed by atoms with van der Waals surface area (Å²) in [5.41, 5.74) is 7.05. The highest BCUT2D eigenvalue weighted by Crippen LogP contribution is 2.10. The molecule has 0 aromatic heterocycles. The van der Waals surface area contributed by atoms with Crippen LogP contribution in [0.1, 0.15) is 44.7 Å². The van der Waals surface area contributed by atoms with Crippen molar-refractivity contribution in [1.82, 2.24) is 10.2 Å². The number of carbonyl (C=O) groups is 3. The third-order valence-electron chi connectivity index (χ3n) is 4.98. The SMILES string of the molecule is CC(C)(C)OC(=O)NC(C(N)=O)C(=O)N(CCCc1ccccc1)CCCc1ccccc1. The van der Waals surface area contributed by atoms with Gasteiger partial charge in [0, 0.05) is 13.1 Å². The molecule has 0 radical (unpaired) electrons. The highest BCUT2D eigenvalue weighted by molar-refractivity contribution is 6.05. The van der Waals surface area contributed by atoms with Crippen molar-refractivity contribution in [3.05, 3.63) is 71.8 Å². The number of nitrogens with zero attached hydrogens (tertiary/aromatic N) is 1. The molecule has 0 aliphatic carbocycles. The van der Waals surface area contributed by atoms with E-state index in [1.165, 1.54) is 11.1 Å². The van der Waals surface area contributed by atoms with Gasteiger partial charge < -0.3 is 20.7 Å². The molecule has 2 aromatic carbocycles. The van der Waals surface area contributed by atoms with Crippen molar-refractivity contribution < 1.29 is 19.1 Å². The zero-order chi connectivity index (χ0) is 24.3. The first-order valence-electron chi connectivity index (χ1n) is 11.3. The Morgan fingerprint density at radius 3 is 1.73 bits per heavy atom. The van der Waals surface area contributed by atoms with Crippen LogP contribution in [-0.2, 0) is 27.2 Å². The van der Waals surface area contributed by atoms with Crippen LogP contribution in [0.2, 0.25) is 0 Å². The summed E-state index contributed by atoms with van der Waals surface area (Å²) in [6.45, 7) is 6.00. The lowest BCUT2D eigenvalue weighted by molar-refractivity contribution is -0.138. The predicted octanol–water partition coefficient (Wildman–Crippen LogP) is 3.46. The third-order valence-corrected chi connectivity index (χ3v) is 4.98. The topological polar surface area (TPSA) is 102 Å². The van der Waals surface area contributed by atoms with Crippen molar-refractivity contribution in [3.63, 3.8) is 0 Å². The molecule has 0 aliphatic heterocycles. The van der Waals surface area contributed by atoms with Crippen molar-refractivity contribution in [2.45, 2.75) is 58.1 Å². The molecule has 0 spiro atoms. The summed E-state index contributed by atoms with van der Waals surface area (Å²) >= 11 is 0. The number of primary amides is 1. The van der Waals surface area contributed by atoms with Crippen molar-refractivity contribution >= 4 is 17.9 Å². The lowest BCUT2D eigenvalue weighted by Gasteiger charge is -2.28. The van der Waals surface area contributed by atoms with E-state index < -0.39 is 29.6 Å². The van der Waals surface area contributed by atoms with Crippen LogP contribution < -0.4 is 11.1 Å². The maximum absolute atomic E-state index is 13.2. The van der Waals surface area contributed by atoms with Crippen LogP contribution >= 0.6 is 0 Å². The van der Waals surface area contributed by atoms with E-state index in [2.05, 4.69) is 5.32 Å². The summed E-state index contributed by atoms with van der Waals surface area (Å²) in [5.74, 6) is -1.43. The highest BCUT2D eigenvalue weighted by atomic mass is 16.6. The fourth-order valence-corrected chi connectivity index (χ4v) is 3.43. The van der Waals surface area contributed by atoms with E-state index >= 15 is 0 Å². The van der Waals surface area contributed by atoms with Gasteiger partial charge in [-0.2, -0.15) is 0 Å². The largest absolute Gasteiger partial charge is 0.444 e. The molecule has 0 heterocycles. The predicted molar refractivity (Wildman–Crippen MR) is 128 cm³/mol.